The number of carbonyl (C=O) groups is 2. The van der Waals surface area contributed by atoms with E-state index in [2.05, 4.69) is 36.6 Å². The van der Waals surface area contributed by atoms with Gasteiger partial charge in [0.2, 0.25) is 0 Å². The van der Waals surface area contributed by atoms with Gasteiger partial charge in [-0.05, 0) is 17.2 Å². The highest BCUT2D eigenvalue weighted by Crippen LogP contribution is 2.22. The number of esters is 1. The highest BCUT2D eigenvalue weighted by Gasteiger charge is 2.13. The van der Waals surface area contributed by atoms with Crippen LogP contribution in [0.2, 0.25) is 0 Å². The van der Waals surface area contributed by atoms with Gasteiger partial charge in [0.25, 0.3) is 0 Å². The van der Waals surface area contributed by atoms with Gasteiger partial charge >= 0.3 is 5.97 Å². The third-order valence-electron chi connectivity index (χ3n) is 2.30. The van der Waals surface area contributed by atoms with Gasteiger partial charge in [0.1, 0.15) is 5.78 Å². The second-order valence-electron chi connectivity index (χ2n) is 3.48. The number of alkyl halides is 1. The maximum Gasteiger partial charge on any atom is 0.310 e. The van der Waals surface area contributed by atoms with E-state index < -0.39 is 0 Å². The summed E-state index contributed by atoms with van der Waals surface area (Å²) in [5, 5.41) is 0.317. The first-order chi connectivity index (χ1) is 8.08. The Hall–Kier alpha value is -0.680. The third-order valence-corrected chi connectivity index (χ3v) is 3.67. The van der Waals surface area contributed by atoms with Crippen LogP contribution in [0.5, 0.6) is 0 Å². The third kappa shape index (κ3) is 4.24. The van der Waals surface area contributed by atoms with Crippen molar-refractivity contribution in [2.45, 2.75) is 12.8 Å². The molecule has 0 unspecified atom stereocenters. The number of Topliss-reactive ketones (excluding diaryl/α,β-unsaturated/α-hetero) is 1. The fourth-order valence-corrected chi connectivity index (χ4v) is 2.19. The van der Waals surface area contributed by atoms with Crippen LogP contribution >= 0.6 is 31.9 Å². The van der Waals surface area contributed by atoms with Gasteiger partial charge < -0.3 is 4.74 Å². The van der Waals surface area contributed by atoms with Crippen LogP contribution in [0.15, 0.2) is 22.7 Å². The summed E-state index contributed by atoms with van der Waals surface area (Å²) in [5.41, 5.74) is 1.67. The first-order valence-corrected chi connectivity index (χ1v) is 6.90. The molecule has 0 N–H and O–H groups in total. The molecule has 3 nitrogen and oxygen atoms in total. The van der Waals surface area contributed by atoms with Crippen LogP contribution < -0.4 is 0 Å². The molecule has 92 valence electrons. The minimum atomic E-state index is -0.315. The molecule has 0 bridgehead atoms. The second kappa shape index (κ2) is 6.91. The van der Waals surface area contributed by atoms with Crippen LogP contribution in [0.1, 0.15) is 11.1 Å². The Kier molecular flexibility index (Phi) is 5.85. The zero-order valence-corrected chi connectivity index (χ0v) is 12.5. The minimum Gasteiger partial charge on any atom is -0.469 e. The Balaban J connectivity index is 2.99. The number of methoxy groups -OCH3 is 1. The number of hydrogen-bond acceptors (Lipinski definition) is 3. The quantitative estimate of drug-likeness (QED) is 0.596. The van der Waals surface area contributed by atoms with E-state index in [4.69, 9.17) is 0 Å². The average molecular weight is 364 g/mol. The van der Waals surface area contributed by atoms with Crippen LogP contribution in [-0.2, 0) is 27.2 Å². The molecule has 0 fully saturated rings. The van der Waals surface area contributed by atoms with Crippen molar-refractivity contribution >= 4 is 43.6 Å². The molecule has 0 heterocycles. The van der Waals surface area contributed by atoms with Crippen molar-refractivity contribution in [2.24, 2.45) is 0 Å². The summed E-state index contributed by atoms with van der Waals surface area (Å²) in [6.07, 6.45) is 0.486. The lowest BCUT2D eigenvalue weighted by atomic mass is 10.0. The molecule has 0 saturated heterocycles. The molecule has 1 rings (SSSR count). The Morgan fingerprint density at radius 2 is 2.00 bits per heavy atom. The number of benzene rings is 1. The highest BCUT2D eigenvalue weighted by molar-refractivity contribution is 9.10. The Morgan fingerprint density at radius 3 is 2.59 bits per heavy atom. The maximum atomic E-state index is 11.4. The summed E-state index contributed by atoms with van der Waals surface area (Å²) in [7, 11) is 1.35. The number of halogens is 2. The number of rotatable bonds is 5. The van der Waals surface area contributed by atoms with Crippen molar-refractivity contribution in [3.8, 4) is 0 Å². The number of ketones is 1. The standard InChI is InChI=1S/C12H12Br2O3/c1-17-12(16)6-10-8(5-9(15)7-13)3-2-4-11(10)14/h2-4H,5-7H2,1H3. The molecular formula is C12H12Br2O3. The molecule has 0 aliphatic carbocycles. The maximum absolute atomic E-state index is 11.4. The Bertz CT molecular complexity index is 430. The van der Waals surface area contributed by atoms with Crippen LogP contribution in [0.4, 0.5) is 0 Å². The largest absolute Gasteiger partial charge is 0.469 e. The predicted octanol–water partition coefficient (Wildman–Crippen LogP) is 2.67. The van der Waals surface area contributed by atoms with Crippen molar-refractivity contribution in [3.63, 3.8) is 0 Å². The van der Waals surface area contributed by atoms with E-state index in [0.717, 1.165) is 15.6 Å². The number of hydrogen-bond donors (Lipinski definition) is 0. The van der Waals surface area contributed by atoms with Crippen LogP contribution in [0, 0.1) is 0 Å². The zero-order chi connectivity index (χ0) is 12.8. The molecule has 0 saturated carbocycles. The number of ether oxygens (including phenoxy) is 1. The second-order valence-corrected chi connectivity index (χ2v) is 4.89. The van der Waals surface area contributed by atoms with Crippen molar-refractivity contribution in [1.82, 2.24) is 0 Å². The van der Waals surface area contributed by atoms with Gasteiger partial charge in [0, 0.05) is 10.9 Å². The van der Waals surface area contributed by atoms with Crippen molar-refractivity contribution < 1.29 is 14.3 Å². The van der Waals surface area contributed by atoms with E-state index in [1.165, 1.54) is 7.11 Å². The monoisotopic (exact) mass is 362 g/mol. The zero-order valence-electron chi connectivity index (χ0n) is 9.33. The smallest absolute Gasteiger partial charge is 0.310 e. The van der Waals surface area contributed by atoms with E-state index in [0.29, 0.717) is 11.8 Å². The lowest BCUT2D eigenvalue weighted by molar-refractivity contribution is -0.139. The van der Waals surface area contributed by atoms with Gasteiger partial charge in [-0.1, -0.05) is 44.0 Å². The molecule has 0 amide bonds. The topological polar surface area (TPSA) is 43.4 Å². The fraction of sp³-hybridized carbons (Fsp3) is 0.333. The lowest BCUT2D eigenvalue weighted by Gasteiger charge is -2.09. The minimum absolute atomic E-state index is 0.0780. The first-order valence-electron chi connectivity index (χ1n) is 4.99. The predicted molar refractivity (Wildman–Crippen MR) is 72.4 cm³/mol. The highest BCUT2D eigenvalue weighted by atomic mass is 79.9. The van der Waals surface area contributed by atoms with E-state index in [9.17, 15) is 9.59 Å². The van der Waals surface area contributed by atoms with Gasteiger partial charge in [-0.3, -0.25) is 9.59 Å². The molecule has 1 aromatic rings. The molecule has 0 radical (unpaired) electrons. The molecule has 0 atom stereocenters. The van der Waals surface area contributed by atoms with Gasteiger partial charge in [-0.2, -0.15) is 0 Å². The van der Waals surface area contributed by atoms with Crippen molar-refractivity contribution in [2.75, 3.05) is 12.4 Å². The molecule has 0 aliphatic rings. The summed E-state index contributed by atoms with van der Waals surface area (Å²) in [4.78, 5) is 22.7. The first kappa shape index (κ1) is 14.4. The summed E-state index contributed by atoms with van der Waals surface area (Å²) < 4.78 is 5.46. The fourth-order valence-electron chi connectivity index (χ4n) is 1.44. The molecule has 5 heteroatoms. The summed E-state index contributed by atoms with van der Waals surface area (Å²) in [5.74, 6) is -0.237. The van der Waals surface area contributed by atoms with Crippen LogP contribution in [0.25, 0.3) is 0 Å². The Labute approximate surface area is 117 Å². The molecule has 17 heavy (non-hydrogen) atoms. The van der Waals surface area contributed by atoms with E-state index in [1.54, 1.807) is 0 Å². The van der Waals surface area contributed by atoms with Gasteiger partial charge in [0.15, 0.2) is 0 Å². The number of carbonyl (C=O) groups excluding carboxylic acids is 2. The summed E-state index contributed by atoms with van der Waals surface area (Å²) in [6.45, 7) is 0. The molecule has 0 spiro atoms. The molecular weight excluding hydrogens is 352 g/mol. The van der Waals surface area contributed by atoms with Gasteiger partial charge in [0.05, 0.1) is 18.9 Å². The van der Waals surface area contributed by atoms with E-state index in [1.807, 2.05) is 18.2 Å². The summed E-state index contributed by atoms with van der Waals surface area (Å²) in [6, 6.07) is 5.55. The SMILES string of the molecule is COC(=O)Cc1c(Br)cccc1CC(=O)CBr. The van der Waals surface area contributed by atoms with Crippen LogP contribution in [-0.4, -0.2) is 24.2 Å². The normalized spacial score (nSPS) is 10.1. The van der Waals surface area contributed by atoms with Gasteiger partial charge in [-0.15, -0.1) is 0 Å². The molecule has 0 aliphatic heterocycles. The summed E-state index contributed by atoms with van der Waals surface area (Å²) >= 11 is 6.51. The van der Waals surface area contributed by atoms with Gasteiger partial charge in [-0.25, -0.2) is 0 Å². The lowest BCUT2D eigenvalue weighted by Crippen LogP contribution is -2.11. The van der Waals surface area contributed by atoms with E-state index >= 15 is 0 Å². The molecule has 0 aromatic heterocycles. The average Bonchev–Trinajstić information content (AvgIpc) is 2.33. The molecule has 1 aromatic carbocycles. The Morgan fingerprint density at radius 1 is 1.29 bits per heavy atom. The van der Waals surface area contributed by atoms with Crippen LogP contribution in [0.3, 0.4) is 0 Å². The van der Waals surface area contributed by atoms with E-state index in [-0.39, 0.29) is 18.2 Å². The van der Waals surface area contributed by atoms with Crippen molar-refractivity contribution in [3.05, 3.63) is 33.8 Å². The van der Waals surface area contributed by atoms with Crippen molar-refractivity contribution in [1.29, 1.82) is 0 Å².